The van der Waals surface area contributed by atoms with Gasteiger partial charge in [0.2, 0.25) is 0 Å². The zero-order valence-electron chi connectivity index (χ0n) is 25.3. The van der Waals surface area contributed by atoms with Gasteiger partial charge in [0.15, 0.2) is 0 Å². The lowest BCUT2D eigenvalue weighted by molar-refractivity contribution is 0.107. The van der Waals surface area contributed by atoms with Crippen LogP contribution in [0.5, 0.6) is 17.2 Å². The predicted octanol–water partition coefficient (Wildman–Crippen LogP) is 7.23. The quantitative estimate of drug-likeness (QED) is 0.133. The van der Waals surface area contributed by atoms with Crippen LogP contribution >= 0.6 is 0 Å². The highest BCUT2D eigenvalue weighted by Crippen LogP contribution is 2.31. The lowest BCUT2D eigenvalue weighted by Crippen LogP contribution is -2.33. The summed E-state index contributed by atoms with van der Waals surface area (Å²) in [5.74, 6) is 2.27. The largest absolute Gasteiger partial charge is 0.497 e. The van der Waals surface area contributed by atoms with Crippen molar-refractivity contribution >= 4 is 5.69 Å². The van der Waals surface area contributed by atoms with Gasteiger partial charge < -0.3 is 25.1 Å². The van der Waals surface area contributed by atoms with Crippen LogP contribution in [0.15, 0.2) is 127 Å². The fourth-order valence-corrected chi connectivity index (χ4v) is 5.37. The second kappa shape index (κ2) is 15.1. The summed E-state index contributed by atoms with van der Waals surface area (Å²) in [4.78, 5) is 2.30. The molecule has 0 saturated heterocycles. The average Bonchev–Trinajstić information content (AvgIpc) is 3.07. The summed E-state index contributed by atoms with van der Waals surface area (Å²) >= 11 is 0. The van der Waals surface area contributed by atoms with Gasteiger partial charge in [-0.3, -0.25) is 4.90 Å². The molecule has 0 aliphatic carbocycles. The van der Waals surface area contributed by atoms with Gasteiger partial charge in [-0.25, -0.2) is 0 Å². The van der Waals surface area contributed by atoms with Gasteiger partial charge in [-0.05, 0) is 64.2 Å². The molecule has 5 aromatic rings. The molecule has 226 valence electrons. The van der Waals surface area contributed by atoms with Gasteiger partial charge in [-0.2, -0.15) is 0 Å². The molecule has 0 aliphatic rings. The van der Waals surface area contributed by atoms with Crippen LogP contribution in [0.2, 0.25) is 0 Å². The van der Waals surface area contributed by atoms with E-state index in [-0.39, 0.29) is 5.92 Å². The molecule has 5 aromatic carbocycles. The number of aliphatic hydroxyl groups is 1. The Balaban J connectivity index is 1.38. The van der Waals surface area contributed by atoms with Gasteiger partial charge in [0.25, 0.3) is 0 Å². The van der Waals surface area contributed by atoms with E-state index in [0.717, 1.165) is 33.8 Å². The summed E-state index contributed by atoms with van der Waals surface area (Å²) < 4.78 is 16.8. The normalized spacial score (nSPS) is 11.8. The number of nitrogen functional groups attached to an aromatic ring is 1. The molecule has 5 rings (SSSR count). The SMILES string of the molecule is COc1ccc(C(CN(Cc2ccccc2)CC(O)c2ccc(OCc3ccccc3)c(N)c2)c2ccc(OC)cc2)cc1. The Morgan fingerprint density at radius 3 is 1.68 bits per heavy atom. The third kappa shape index (κ3) is 8.19. The summed E-state index contributed by atoms with van der Waals surface area (Å²) in [6.07, 6.45) is -0.753. The van der Waals surface area contributed by atoms with E-state index in [1.807, 2.05) is 91.0 Å². The second-order valence-electron chi connectivity index (χ2n) is 10.9. The van der Waals surface area contributed by atoms with Crippen LogP contribution in [0, 0.1) is 0 Å². The van der Waals surface area contributed by atoms with Crippen molar-refractivity contribution in [2.24, 2.45) is 0 Å². The minimum absolute atomic E-state index is 0.0431. The van der Waals surface area contributed by atoms with E-state index in [1.54, 1.807) is 14.2 Å². The van der Waals surface area contributed by atoms with Crippen LogP contribution in [0.1, 0.15) is 39.8 Å². The summed E-state index contributed by atoms with van der Waals surface area (Å²) in [5, 5.41) is 11.5. The molecule has 0 aliphatic heterocycles. The topological polar surface area (TPSA) is 77.2 Å². The van der Waals surface area contributed by atoms with Gasteiger partial charge in [-0.1, -0.05) is 91.0 Å². The molecule has 0 radical (unpaired) electrons. The van der Waals surface area contributed by atoms with Gasteiger partial charge in [-0.15, -0.1) is 0 Å². The number of nitrogens with two attached hydrogens (primary N) is 1. The first-order chi connectivity index (χ1) is 21.5. The molecule has 0 aromatic heterocycles. The van der Waals surface area contributed by atoms with E-state index in [2.05, 4.69) is 41.3 Å². The molecule has 0 heterocycles. The maximum absolute atomic E-state index is 11.5. The van der Waals surface area contributed by atoms with Crippen molar-refractivity contribution in [3.05, 3.63) is 155 Å². The maximum Gasteiger partial charge on any atom is 0.142 e. The molecule has 6 heteroatoms. The number of ether oxygens (including phenoxy) is 3. The molecule has 1 atom stereocenters. The Bertz CT molecular complexity index is 1530. The van der Waals surface area contributed by atoms with E-state index >= 15 is 0 Å². The van der Waals surface area contributed by atoms with Crippen LogP contribution in [-0.2, 0) is 13.2 Å². The summed E-state index contributed by atoms with van der Waals surface area (Å²) in [5.41, 5.74) is 12.2. The molecular weight excluding hydrogens is 548 g/mol. The highest BCUT2D eigenvalue weighted by Gasteiger charge is 2.22. The second-order valence-corrected chi connectivity index (χ2v) is 10.9. The van der Waals surface area contributed by atoms with Crippen molar-refractivity contribution in [3.8, 4) is 17.2 Å². The third-order valence-electron chi connectivity index (χ3n) is 7.81. The van der Waals surface area contributed by atoms with Crippen molar-refractivity contribution in [2.45, 2.75) is 25.2 Å². The number of benzene rings is 5. The Morgan fingerprint density at radius 1 is 0.636 bits per heavy atom. The molecule has 3 N–H and O–H groups in total. The van der Waals surface area contributed by atoms with Crippen molar-refractivity contribution in [2.75, 3.05) is 33.0 Å². The first kappa shape index (κ1) is 30.7. The Morgan fingerprint density at radius 2 is 1.16 bits per heavy atom. The van der Waals surface area contributed by atoms with E-state index in [9.17, 15) is 5.11 Å². The zero-order chi connectivity index (χ0) is 30.7. The van der Waals surface area contributed by atoms with E-state index < -0.39 is 6.10 Å². The molecule has 0 saturated carbocycles. The molecule has 6 nitrogen and oxygen atoms in total. The number of aliphatic hydroxyl groups excluding tert-OH is 1. The Hall–Kier alpha value is -4.78. The first-order valence-corrected chi connectivity index (χ1v) is 14.8. The monoisotopic (exact) mass is 588 g/mol. The summed E-state index contributed by atoms with van der Waals surface area (Å²) in [6.45, 7) is 2.20. The molecular formula is C38H40N2O4. The molecule has 0 spiro atoms. The molecule has 44 heavy (non-hydrogen) atoms. The summed E-state index contributed by atoms with van der Waals surface area (Å²) in [6, 6.07) is 42.3. The number of hydrogen-bond donors (Lipinski definition) is 2. The van der Waals surface area contributed by atoms with Gasteiger partial charge >= 0.3 is 0 Å². The standard InChI is InChI=1S/C38H40N2O4/c1-42-33-18-13-30(14-19-33)35(31-15-20-34(43-2)21-16-31)25-40(24-28-9-5-3-6-10-28)26-37(41)32-17-22-38(36(39)23-32)44-27-29-11-7-4-8-12-29/h3-23,35,37,41H,24-27,39H2,1-2H3. The maximum atomic E-state index is 11.5. The lowest BCUT2D eigenvalue weighted by atomic mass is 9.90. The third-order valence-corrected chi connectivity index (χ3v) is 7.81. The predicted molar refractivity (Wildman–Crippen MR) is 176 cm³/mol. The summed E-state index contributed by atoms with van der Waals surface area (Å²) in [7, 11) is 3.35. The van der Waals surface area contributed by atoms with Crippen molar-refractivity contribution in [3.63, 3.8) is 0 Å². The van der Waals surface area contributed by atoms with Crippen LogP contribution < -0.4 is 19.9 Å². The fraction of sp³-hybridized carbons (Fsp3) is 0.211. The number of nitrogens with zero attached hydrogens (tertiary/aromatic N) is 1. The minimum atomic E-state index is -0.753. The highest BCUT2D eigenvalue weighted by atomic mass is 16.5. The van der Waals surface area contributed by atoms with Gasteiger partial charge in [0.05, 0.1) is 26.0 Å². The molecule has 1 unspecified atom stereocenters. The smallest absolute Gasteiger partial charge is 0.142 e. The number of methoxy groups -OCH3 is 2. The fourth-order valence-electron chi connectivity index (χ4n) is 5.37. The number of anilines is 1. The van der Waals surface area contributed by atoms with Crippen LogP contribution in [-0.4, -0.2) is 37.3 Å². The van der Waals surface area contributed by atoms with Crippen LogP contribution in [0.3, 0.4) is 0 Å². The van der Waals surface area contributed by atoms with Crippen LogP contribution in [0.25, 0.3) is 0 Å². The molecule has 0 bridgehead atoms. The van der Waals surface area contributed by atoms with Crippen molar-refractivity contribution < 1.29 is 19.3 Å². The highest BCUT2D eigenvalue weighted by molar-refractivity contribution is 5.54. The number of rotatable bonds is 14. The van der Waals surface area contributed by atoms with Crippen molar-refractivity contribution in [1.29, 1.82) is 0 Å². The van der Waals surface area contributed by atoms with Gasteiger partial charge in [0, 0.05) is 25.6 Å². The van der Waals surface area contributed by atoms with E-state index in [4.69, 9.17) is 19.9 Å². The Kier molecular flexibility index (Phi) is 10.5. The zero-order valence-corrected chi connectivity index (χ0v) is 25.3. The lowest BCUT2D eigenvalue weighted by Gasteiger charge is -2.30. The van der Waals surface area contributed by atoms with E-state index in [0.29, 0.717) is 37.7 Å². The molecule has 0 amide bonds. The van der Waals surface area contributed by atoms with Crippen LogP contribution in [0.4, 0.5) is 5.69 Å². The average molecular weight is 589 g/mol. The Labute approximate surface area is 260 Å². The van der Waals surface area contributed by atoms with Crippen molar-refractivity contribution in [1.82, 2.24) is 4.90 Å². The number of hydrogen-bond acceptors (Lipinski definition) is 6. The molecule has 0 fully saturated rings. The first-order valence-electron chi connectivity index (χ1n) is 14.8. The van der Waals surface area contributed by atoms with Gasteiger partial charge in [0.1, 0.15) is 23.9 Å². The van der Waals surface area contributed by atoms with E-state index in [1.165, 1.54) is 5.56 Å². The minimum Gasteiger partial charge on any atom is -0.497 e.